The zero-order valence-electron chi connectivity index (χ0n) is 15.1. The highest BCUT2D eigenvalue weighted by Gasteiger charge is 2.29. The predicted octanol–water partition coefficient (Wildman–Crippen LogP) is 3.97. The number of aliphatic hydroxyl groups excluding tert-OH is 1. The Labute approximate surface area is 162 Å². The van der Waals surface area contributed by atoms with Crippen LogP contribution in [0.5, 0.6) is 0 Å². The van der Waals surface area contributed by atoms with Gasteiger partial charge >= 0.3 is 0 Å². The van der Waals surface area contributed by atoms with Crippen LogP contribution < -0.4 is 0 Å². The third kappa shape index (κ3) is 3.64. The standard InChI is InChI=1S/C20H21N5OS/c1-14-3-5-15(6-4-14)16-12-27-20(23-16)18-17(26)11-25(19(18)21)9-2-8-24-10-7-22-13-24/h3-7,10,12-13,21,26H,2,8-9,11H2,1H3. The third-order valence-electron chi connectivity index (χ3n) is 4.65. The molecule has 0 bridgehead atoms. The number of aromatic nitrogens is 3. The molecule has 6 nitrogen and oxygen atoms in total. The topological polar surface area (TPSA) is 78.0 Å². The van der Waals surface area contributed by atoms with Crippen LogP contribution in [0.25, 0.3) is 16.8 Å². The molecule has 3 heterocycles. The lowest BCUT2D eigenvalue weighted by Gasteiger charge is -2.18. The largest absolute Gasteiger partial charge is 0.510 e. The lowest BCUT2D eigenvalue weighted by atomic mass is 10.1. The Morgan fingerprint density at radius 1 is 1.22 bits per heavy atom. The number of nitrogens with one attached hydrogen (secondary N) is 1. The van der Waals surface area contributed by atoms with Crippen LogP contribution in [-0.2, 0) is 6.54 Å². The third-order valence-corrected chi connectivity index (χ3v) is 5.51. The Bertz CT molecular complexity index is 972. The van der Waals surface area contributed by atoms with E-state index in [1.54, 1.807) is 12.5 Å². The van der Waals surface area contributed by atoms with Gasteiger partial charge in [-0.3, -0.25) is 5.41 Å². The van der Waals surface area contributed by atoms with Gasteiger partial charge in [-0.2, -0.15) is 0 Å². The number of hydrogen-bond donors (Lipinski definition) is 2. The summed E-state index contributed by atoms with van der Waals surface area (Å²) in [6.07, 6.45) is 6.36. The first-order valence-electron chi connectivity index (χ1n) is 8.86. The summed E-state index contributed by atoms with van der Waals surface area (Å²) in [5.41, 5.74) is 3.69. The molecule has 2 aromatic heterocycles. The molecule has 2 N–H and O–H groups in total. The van der Waals surface area contributed by atoms with E-state index in [-0.39, 0.29) is 5.76 Å². The van der Waals surface area contributed by atoms with Crippen LogP contribution in [0.3, 0.4) is 0 Å². The second-order valence-corrected chi connectivity index (χ2v) is 7.51. The Morgan fingerprint density at radius 2 is 2.04 bits per heavy atom. The normalized spacial score (nSPS) is 14.4. The highest BCUT2D eigenvalue weighted by atomic mass is 32.1. The average Bonchev–Trinajstić information content (AvgIpc) is 3.38. The molecule has 3 aromatic rings. The molecule has 0 radical (unpaired) electrons. The van der Waals surface area contributed by atoms with Crippen molar-refractivity contribution in [2.45, 2.75) is 19.9 Å². The van der Waals surface area contributed by atoms with Crippen LogP contribution in [0, 0.1) is 12.3 Å². The first-order chi connectivity index (χ1) is 13.1. The number of hydrogen-bond acceptors (Lipinski definition) is 5. The zero-order valence-corrected chi connectivity index (χ0v) is 15.9. The number of thiazole rings is 1. The molecule has 0 amide bonds. The van der Waals surface area contributed by atoms with Crippen molar-refractivity contribution >= 4 is 22.7 Å². The van der Waals surface area contributed by atoms with Gasteiger partial charge in [0.2, 0.25) is 0 Å². The maximum atomic E-state index is 10.4. The van der Waals surface area contributed by atoms with E-state index >= 15 is 0 Å². The lowest BCUT2D eigenvalue weighted by Crippen LogP contribution is -2.28. The van der Waals surface area contributed by atoms with Gasteiger partial charge in [-0.1, -0.05) is 29.8 Å². The first kappa shape index (κ1) is 17.5. The smallest absolute Gasteiger partial charge is 0.135 e. The second-order valence-electron chi connectivity index (χ2n) is 6.65. The van der Waals surface area contributed by atoms with Gasteiger partial charge in [0, 0.05) is 36.4 Å². The molecule has 0 saturated carbocycles. The molecule has 0 saturated heterocycles. The summed E-state index contributed by atoms with van der Waals surface area (Å²) >= 11 is 1.47. The van der Waals surface area contributed by atoms with Crippen LogP contribution >= 0.6 is 11.3 Å². The zero-order chi connectivity index (χ0) is 18.8. The fourth-order valence-electron chi connectivity index (χ4n) is 3.16. The van der Waals surface area contributed by atoms with Gasteiger partial charge < -0.3 is 14.6 Å². The van der Waals surface area contributed by atoms with Crippen molar-refractivity contribution in [3.63, 3.8) is 0 Å². The number of amidine groups is 1. The summed E-state index contributed by atoms with van der Waals surface area (Å²) in [6.45, 7) is 3.98. The van der Waals surface area contributed by atoms with E-state index < -0.39 is 0 Å². The molecule has 138 valence electrons. The summed E-state index contributed by atoms with van der Waals surface area (Å²) < 4.78 is 2.02. The minimum absolute atomic E-state index is 0.229. The molecule has 0 aliphatic carbocycles. The number of nitrogens with zero attached hydrogens (tertiary/aromatic N) is 4. The molecule has 0 spiro atoms. The summed E-state index contributed by atoms with van der Waals surface area (Å²) in [6, 6.07) is 8.21. The van der Waals surface area contributed by atoms with Gasteiger partial charge in [0.05, 0.1) is 24.1 Å². The van der Waals surface area contributed by atoms with Crippen LogP contribution in [0.15, 0.2) is 54.1 Å². The van der Waals surface area contributed by atoms with Gasteiger partial charge in [0.1, 0.15) is 16.6 Å². The number of aryl methyl sites for hydroxylation is 2. The monoisotopic (exact) mass is 379 g/mol. The van der Waals surface area contributed by atoms with Crippen molar-refractivity contribution < 1.29 is 5.11 Å². The van der Waals surface area contributed by atoms with Gasteiger partial charge in [0.25, 0.3) is 0 Å². The maximum Gasteiger partial charge on any atom is 0.135 e. The van der Waals surface area contributed by atoms with E-state index in [1.807, 2.05) is 33.2 Å². The predicted molar refractivity (Wildman–Crippen MR) is 108 cm³/mol. The molecule has 1 aromatic carbocycles. The number of imidazole rings is 1. The van der Waals surface area contributed by atoms with Gasteiger partial charge in [-0.05, 0) is 13.3 Å². The summed E-state index contributed by atoms with van der Waals surface area (Å²) in [5, 5.41) is 21.6. The number of rotatable bonds is 6. The molecule has 7 heteroatoms. The molecule has 0 unspecified atom stereocenters. The fourth-order valence-corrected chi connectivity index (χ4v) is 4.05. The van der Waals surface area contributed by atoms with Crippen molar-refractivity contribution in [1.29, 1.82) is 5.41 Å². The second kappa shape index (κ2) is 7.36. The van der Waals surface area contributed by atoms with Gasteiger partial charge in [-0.25, -0.2) is 9.97 Å². The van der Waals surface area contributed by atoms with Crippen LogP contribution in [-0.4, -0.2) is 43.5 Å². The lowest BCUT2D eigenvalue weighted by molar-refractivity contribution is 0.343. The van der Waals surface area contributed by atoms with Crippen LogP contribution in [0.4, 0.5) is 0 Å². The number of benzene rings is 1. The number of aliphatic hydroxyl groups is 1. The molecular formula is C20H21N5OS. The summed E-state index contributed by atoms with van der Waals surface area (Å²) in [5.74, 6) is 0.579. The molecule has 1 aliphatic rings. The highest BCUT2D eigenvalue weighted by molar-refractivity contribution is 7.11. The SMILES string of the molecule is Cc1ccc(-c2csc(C3=C(O)CN(CCCn4ccnc4)C3=N)n2)cc1. The van der Waals surface area contributed by atoms with E-state index in [4.69, 9.17) is 5.41 Å². The molecular weight excluding hydrogens is 358 g/mol. The first-order valence-corrected chi connectivity index (χ1v) is 9.74. The van der Waals surface area contributed by atoms with E-state index in [9.17, 15) is 5.11 Å². The van der Waals surface area contributed by atoms with E-state index in [0.29, 0.717) is 29.5 Å². The highest BCUT2D eigenvalue weighted by Crippen LogP contribution is 2.32. The minimum atomic E-state index is 0.229. The summed E-state index contributed by atoms with van der Waals surface area (Å²) in [4.78, 5) is 10.6. The molecule has 27 heavy (non-hydrogen) atoms. The van der Waals surface area contributed by atoms with Crippen molar-refractivity contribution in [3.8, 4) is 11.3 Å². The Morgan fingerprint density at radius 3 is 2.78 bits per heavy atom. The quantitative estimate of drug-likeness (QED) is 0.679. The average molecular weight is 379 g/mol. The molecule has 1 aliphatic heterocycles. The van der Waals surface area contributed by atoms with Gasteiger partial charge in [-0.15, -0.1) is 11.3 Å². The maximum absolute atomic E-state index is 10.4. The van der Waals surface area contributed by atoms with E-state index in [1.165, 1.54) is 16.9 Å². The van der Waals surface area contributed by atoms with Crippen molar-refractivity contribution in [2.24, 2.45) is 0 Å². The molecule has 0 atom stereocenters. The molecule has 0 fully saturated rings. The van der Waals surface area contributed by atoms with Crippen LogP contribution in [0.2, 0.25) is 0 Å². The Balaban J connectivity index is 1.45. The molecule has 4 rings (SSSR count). The van der Waals surface area contributed by atoms with Crippen LogP contribution in [0.1, 0.15) is 17.0 Å². The van der Waals surface area contributed by atoms with Crippen molar-refractivity contribution in [1.82, 2.24) is 19.4 Å². The minimum Gasteiger partial charge on any atom is -0.510 e. The van der Waals surface area contributed by atoms with Crippen molar-refractivity contribution in [3.05, 3.63) is 64.7 Å². The summed E-state index contributed by atoms with van der Waals surface area (Å²) in [7, 11) is 0. The fraction of sp³-hybridized carbons (Fsp3) is 0.250. The van der Waals surface area contributed by atoms with E-state index in [2.05, 4.69) is 29.0 Å². The van der Waals surface area contributed by atoms with Gasteiger partial charge in [0.15, 0.2) is 0 Å². The van der Waals surface area contributed by atoms with Crippen molar-refractivity contribution in [2.75, 3.05) is 13.1 Å². The Kier molecular flexibility index (Phi) is 4.77. The Hall–Kier alpha value is -2.93. The van der Waals surface area contributed by atoms with E-state index in [0.717, 1.165) is 24.2 Å².